The molecule has 4 heteroatoms. The van der Waals surface area contributed by atoms with Crippen molar-refractivity contribution >= 4 is 17.3 Å². The van der Waals surface area contributed by atoms with Crippen LogP contribution in [-0.4, -0.2) is 12.6 Å². The van der Waals surface area contributed by atoms with E-state index in [1.807, 2.05) is 6.92 Å². The lowest BCUT2D eigenvalue weighted by atomic mass is 9.83. The van der Waals surface area contributed by atoms with E-state index in [1.54, 1.807) is 0 Å². The summed E-state index contributed by atoms with van der Waals surface area (Å²) in [6.45, 7) is 10.6. The summed E-state index contributed by atoms with van der Waals surface area (Å²) in [7, 11) is 0. The van der Waals surface area contributed by atoms with Gasteiger partial charge in [0, 0.05) is 23.5 Å². The Morgan fingerprint density at radius 1 is 0.725 bits per heavy atom. The first-order valence-electron chi connectivity index (χ1n) is 14.1. The first-order chi connectivity index (χ1) is 19.3. The molecule has 1 heterocycles. The molecular weight excluding hydrogens is 492 g/mol. The maximum Gasteiger partial charge on any atom is 0.338 e. The molecule has 0 radical (unpaired) electrons. The fourth-order valence-corrected chi connectivity index (χ4v) is 5.45. The van der Waals surface area contributed by atoms with Crippen LogP contribution in [0.15, 0.2) is 108 Å². The zero-order valence-electron chi connectivity index (χ0n) is 24.1. The second kappa shape index (κ2) is 11.8. The quantitative estimate of drug-likeness (QED) is 0.243. The van der Waals surface area contributed by atoms with Gasteiger partial charge >= 0.3 is 5.97 Å². The Kier molecular flexibility index (Phi) is 8.06. The van der Waals surface area contributed by atoms with Crippen molar-refractivity contribution in [2.45, 2.75) is 53.1 Å². The third-order valence-corrected chi connectivity index (χ3v) is 7.64. The van der Waals surface area contributed by atoms with Crippen LogP contribution in [0.3, 0.4) is 0 Å². The van der Waals surface area contributed by atoms with Crippen LogP contribution >= 0.6 is 0 Å². The molecule has 204 valence electrons. The summed E-state index contributed by atoms with van der Waals surface area (Å²) in [5.41, 5.74) is 10.6. The molecule has 1 aliphatic rings. The monoisotopic (exact) mass is 530 g/mol. The molecule has 4 aromatic carbocycles. The lowest BCUT2D eigenvalue weighted by molar-refractivity contribution is -0.139. The summed E-state index contributed by atoms with van der Waals surface area (Å²) >= 11 is 0. The highest BCUT2D eigenvalue weighted by atomic mass is 16.5. The van der Waals surface area contributed by atoms with Crippen molar-refractivity contribution in [2.24, 2.45) is 0 Å². The van der Waals surface area contributed by atoms with E-state index in [1.165, 1.54) is 27.8 Å². The zero-order chi connectivity index (χ0) is 28.2. The fourth-order valence-electron chi connectivity index (χ4n) is 5.45. The summed E-state index contributed by atoms with van der Waals surface area (Å²) in [4.78, 5) is 16.3. The Morgan fingerprint density at radius 3 is 1.73 bits per heavy atom. The van der Waals surface area contributed by atoms with Crippen LogP contribution in [0.1, 0.15) is 58.8 Å². The molecule has 0 amide bonds. The summed E-state index contributed by atoms with van der Waals surface area (Å²) in [6.07, 6.45) is 0.626. The van der Waals surface area contributed by atoms with E-state index in [-0.39, 0.29) is 18.1 Å². The van der Waals surface area contributed by atoms with Gasteiger partial charge < -0.3 is 15.0 Å². The van der Waals surface area contributed by atoms with E-state index in [9.17, 15) is 4.79 Å². The molecule has 0 saturated heterocycles. The zero-order valence-corrected chi connectivity index (χ0v) is 24.1. The van der Waals surface area contributed by atoms with Crippen LogP contribution in [-0.2, 0) is 9.53 Å². The van der Waals surface area contributed by atoms with Crippen LogP contribution in [0, 0.1) is 27.7 Å². The minimum absolute atomic E-state index is 0.0132. The van der Waals surface area contributed by atoms with Crippen molar-refractivity contribution in [2.75, 3.05) is 16.8 Å². The van der Waals surface area contributed by atoms with Gasteiger partial charge in [-0.05, 0) is 70.0 Å². The van der Waals surface area contributed by atoms with E-state index >= 15 is 0 Å². The van der Waals surface area contributed by atoms with Gasteiger partial charge in [0.05, 0.1) is 24.3 Å². The topological polar surface area (TPSA) is 41.6 Å². The average molecular weight is 531 g/mol. The SMILES string of the molecule is CCOC(=O)C1=C(Nc2ccc(C)cc2)CC(c2ccc(C)cc2)N(c2ccc(C)cc2)C1c1ccc(C)cc1. The second-order valence-corrected chi connectivity index (χ2v) is 10.8. The van der Waals surface area contributed by atoms with Crippen molar-refractivity contribution in [1.82, 2.24) is 0 Å². The number of hydrogen-bond donors (Lipinski definition) is 1. The minimum atomic E-state index is -0.352. The van der Waals surface area contributed by atoms with Crippen LogP contribution in [0.5, 0.6) is 0 Å². The maximum atomic E-state index is 13.9. The molecule has 0 saturated carbocycles. The van der Waals surface area contributed by atoms with Gasteiger partial charge in [0.15, 0.2) is 0 Å². The average Bonchev–Trinajstić information content (AvgIpc) is 2.95. The predicted octanol–water partition coefficient (Wildman–Crippen LogP) is 8.54. The number of benzene rings is 4. The van der Waals surface area contributed by atoms with Gasteiger partial charge in [0.2, 0.25) is 0 Å². The number of ether oxygens (including phenoxy) is 1. The Morgan fingerprint density at radius 2 is 1.20 bits per heavy atom. The van der Waals surface area contributed by atoms with E-state index in [4.69, 9.17) is 4.74 Å². The second-order valence-electron chi connectivity index (χ2n) is 10.8. The van der Waals surface area contributed by atoms with E-state index in [0.29, 0.717) is 18.6 Å². The summed E-state index contributed by atoms with van der Waals surface area (Å²) < 4.78 is 5.74. The molecule has 2 atom stereocenters. The molecule has 0 aromatic heterocycles. The first kappa shape index (κ1) is 27.3. The minimum Gasteiger partial charge on any atom is -0.463 e. The Hall–Kier alpha value is -4.31. The van der Waals surface area contributed by atoms with Gasteiger partial charge in [-0.2, -0.15) is 0 Å². The van der Waals surface area contributed by atoms with Gasteiger partial charge in [0.25, 0.3) is 0 Å². The van der Waals surface area contributed by atoms with Crippen molar-refractivity contribution < 1.29 is 9.53 Å². The predicted molar refractivity (Wildman–Crippen MR) is 165 cm³/mol. The smallest absolute Gasteiger partial charge is 0.338 e. The highest BCUT2D eigenvalue weighted by molar-refractivity contribution is 5.93. The number of nitrogens with one attached hydrogen (secondary N) is 1. The lowest BCUT2D eigenvalue weighted by Crippen LogP contribution is -2.41. The van der Waals surface area contributed by atoms with E-state index in [2.05, 4.69) is 135 Å². The molecule has 0 bridgehead atoms. The number of rotatable bonds is 7. The summed E-state index contributed by atoms with van der Waals surface area (Å²) in [5, 5.41) is 3.65. The summed E-state index contributed by atoms with van der Waals surface area (Å²) in [6, 6.07) is 33.8. The Labute approximate surface area is 238 Å². The molecule has 1 aliphatic heterocycles. The maximum absolute atomic E-state index is 13.9. The van der Waals surface area contributed by atoms with Crippen LogP contribution < -0.4 is 10.2 Å². The Balaban J connectivity index is 1.77. The number of carbonyl (C=O) groups excluding carboxylic acids is 1. The molecule has 1 N–H and O–H groups in total. The van der Waals surface area contributed by atoms with E-state index < -0.39 is 0 Å². The van der Waals surface area contributed by atoms with E-state index in [0.717, 1.165) is 22.6 Å². The third-order valence-electron chi connectivity index (χ3n) is 7.64. The molecule has 5 rings (SSSR count). The van der Waals surface area contributed by atoms with Gasteiger partial charge in [-0.15, -0.1) is 0 Å². The fraction of sp³-hybridized carbons (Fsp3) is 0.250. The lowest BCUT2D eigenvalue weighted by Gasteiger charge is -2.46. The van der Waals surface area contributed by atoms with Crippen molar-refractivity contribution in [1.29, 1.82) is 0 Å². The van der Waals surface area contributed by atoms with Gasteiger partial charge in [-0.1, -0.05) is 95.1 Å². The van der Waals surface area contributed by atoms with Crippen LogP contribution in [0.4, 0.5) is 11.4 Å². The van der Waals surface area contributed by atoms with Crippen molar-refractivity contribution in [3.63, 3.8) is 0 Å². The highest BCUT2D eigenvalue weighted by Crippen LogP contribution is 2.48. The number of carbonyl (C=O) groups is 1. The van der Waals surface area contributed by atoms with Crippen molar-refractivity contribution in [3.05, 3.63) is 142 Å². The van der Waals surface area contributed by atoms with Crippen LogP contribution in [0.2, 0.25) is 0 Å². The summed E-state index contributed by atoms with van der Waals surface area (Å²) in [5.74, 6) is -0.290. The standard InChI is InChI=1S/C36H38N2O2/c1-6-40-36(39)34-32(37-30-19-11-26(4)12-20-30)23-33(28-15-7-24(2)8-16-28)38(31-21-13-27(5)14-22-31)35(34)29-17-9-25(3)10-18-29/h7-22,33,35,37H,6,23H2,1-5H3. The first-order valence-corrected chi connectivity index (χ1v) is 14.1. The van der Waals surface area contributed by atoms with Crippen molar-refractivity contribution in [3.8, 4) is 0 Å². The largest absolute Gasteiger partial charge is 0.463 e. The van der Waals surface area contributed by atoms with Gasteiger partial charge in [-0.3, -0.25) is 0 Å². The number of nitrogens with zero attached hydrogens (tertiary/aromatic N) is 1. The van der Waals surface area contributed by atoms with Gasteiger partial charge in [0.1, 0.15) is 0 Å². The number of anilines is 2. The molecule has 0 spiro atoms. The van der Waals surface area contributed by atoms with Gasteiger partial charge in [-0.25, -0.2) is 4.79 Å². The molecule has 4 nitrogen and oxygen atoms in total. The third kappa shape index (κ3) is 5.81. The van der Waals surface area contributed by atoms with Crippen LogP contribution in [0.25, 0.3) is 0 Å². The number of aryl methyl sites for hydroxylation is 4. The number of hydrogen-bond acceptors (Lipinski definition) is 4. The Bertz CT molecular complexity index is 1480. The number of esters is 1. The molecular formula is C36H38N2O2. The molecule has 40 heavy (non-hydrogen) atoms. The molecule has 4 aromatic rings. The molecule has 0 fully saturated rings. The highest BCUT2D eigenvalue weighted by Gasteiger charge is 2.41. The normalized spacial score (nSPS) is 17.1. The molecule has 0 aliphatic carbocycles. The molecule has 2 unspecified atom stereocenters.